The second kappa shape index (κ2) is 8.58. The zero-order valence-electron chi connectivity index (χ0n) is 14.7. The molecule has 2 heterocycles. The molecule has 0 bridgehead atoms. The van der Waals surface area contributed by atoms with Crippen molar-refractivity contribution in [3.63, 3.8) is 0 Å². The third-order valence-corrected chi connectivity index (χ3v) is 4.33. The first-order valence-corrected chi connectivity index (χ1v) is 8.84. The molecule has 0 spiro atoms. The number of nitrogens with one attached hydrogen (secondary N) is 1. The van der Waals surface area contributed by atoms with Crippen LogP contribution in [0.1, 0.15) is 18.3 Å². The minimum absolute atomic E-state index is 0.100. The van der Waals surface area contributed by atoms with Gasteiger partial charge >= 0.3 is 0 Å². The van der Waals surface area contributed by atoms with Crippen LogP contribution in [0, 0.1) is 0 Å². The summed E-state index contributed by atoms with van der Waals surface area (Å²) in [6.07, 6.45) is 2.58. The first kappa shape index (κ1) is 17.4. The fourth-order valence-electron chi connectivity index (χ4n) is 3.02. The fourth-order valence-corrected chi connectivity index (χ4v) is 3.02. The maximum atomic E-state index is 11.7. The zero-order valence-corrected chi connectivity index (χ0v) is 14.7. The number of amides is 1. The molecular weight excluding hydrogens is 314 g/mol. The SMILES string of the molecule is CCNC(=O)CN1CCN(c2ccnc(Cc3ccccc3)n2)CC1. The molecule has 1 aliphatic heterocycles. The Kier molecular flexibility index (Phi) is 5.95. The monoisotopic (exact) mass is 339 g/mol. The second-order valence-electron chi connectivity index (χ2n) is 6.21. The maximum Gasteiger partial charge on any atom is 0.234 e. The van der Waals surface area contributed by atoms with Gasteiger partial charge in [-0.2, -0.15) is 0 Å². The molecular formula is C19H25N5O. The molecule has 0 unspecified atom stereocenters. The topological polar surface area (TPSA) is 61.4 Å². The molecule has 1 saturated heterocycles. The molecule has 1 aromatic heterocycles. The van der Waals surface area contributed by atoms with E-state index in [1.165, 1.54) is 5.56 Å². The van der Waals surface area contributed by atoms with Gasteiger partial charge in [-0.15, -0.1) is 0 Å². The second-order valence-corrected chi connectivity index (χ2v) is 6.21. The molecule has 25 heavy (non-hydrogen) atoms. The molecule has 132 valence electrons. The van der Waals surface area contributed by atoms with Gasteiger partial charge in [0.05, 0.1) is 6.54 Å². The van der Waals surface area contributed by atoms with Crippen LogP contribution < -0.4 is 10.2 Å². The van der Waals surface area contributed by atoms with Crippen molar-refractivity contribution in [2.75, 3.05) is 44.2 Å². The number of hydrogen-bond donors (Lipinski definition) is 1. The highest BCUT2D eigenvalue weighted by Gasteiger charge is 2.20. The highest BCUT2D eigenvalue weighted by atomic mass is 16.2. The van der Waals surface area contributed by atoms with Gasteiger partial charge in [-0.1, -0.05) is 30.3 Å². The molecule has 1 aromatic carbocycles. The third-order valence-electron chi connectivity index (χ3n) is 4.33. The lowest BCUT2D eigenvalue weighted by atomic mass is 10.1. The molecule has 0 radical (unpaired) electrons. The van der Waals surface area contributed by atoms with Crippen LogP contribution in [0.2, 0.25) is 0 Å². The smallest absolute Gasteiger partial charge is 0.234 e. The van der Waals surface area contributed by atoms with E-state index in [-0.39, 0.29) is 5.91 Å². The predicted molar refractivity (Wildman–Crippen MR) is 98.6 cm³/mol. The Hall–Kier alpha value is -2.47. The van der Waals surface area contributed by atoms with Gasteiger partial charge in [0.15, 0.2) is 0 Å². The summed E-state index contributed by atoms with van der Waals surface area (Å²) in [5.74, 6) is 1.91. The summed E-state index contributed by atoms with van der Waals surface area (Å²) in [5, 5.41) is 2.85. The number of likely N-dealkylation sites (N-methyl/N-ethyl adjacent to an activating group) is 1. The van der Waals surface area contributed by atoms with Gasteiger partial charge in [0.25, 0.3) is 0 Å². The molecule has 1 fully saturated rings. The van der Waals surface area contributed by atoms with Gasteiger partial charge in [0.1, 0.15) is 11.6 Å². The van der Waals surface area contributed by atoms with Crippen LogP contribution in [0.25, 0.3) is 0 Å². The number of anilines is 1. The van der Waals surface area contributed by atoms with Crippen LogP contribution in [-0.2, 0) is 11.2 Å². The first-order chi connectivity index (χ1) is 12.2. The van der Waals surface area contributed by atoms with Gasteiger partial charge in [0, 0.05) is 45.3 Å². The van der Waals surface area contributed by atoms with E-state index in [1.807, 2.05) is 37.4 Å². The van der Waals surface area contributed by atoms with Crippen molar-refractivity contribution >= 4 is 11.7 Å². The number of aromatic nitrogens is 2. The normalized spacial score (nSPS) is 15.2. The van der Waals surface area contributed by atoms with Gasteiger partial charge in [-0.3, -0.25) is 9.69 Å². The molecule has 2 aromatic rings. The van der Waals surface area contributed by atoms with Crippen molar-refractivity contribution in [2.24, 2.45) is 0 Å². The van der Waals surface area contributed by atoms with E-state index in [0.29, 0.717) is 13.1 Å². The predicted octanol–water partition coefficient (Wildman–Crippen LogP) is 1.33. The Morgan fingerprint density at radius 1 is 1.12 bits per heavy atom. The zero-order chi connectivity index (χ0) is 17.5. The maximum absolute atomic E-state index is 11.7. The van der Waals surface area contributed by atoms with Crippen LogP contribution in [0.4, 0.5) is 5.82 Å². The standard InChI is InChI=1S/C19H25N5O/c1-2-20-19(25)15-23-10-12-24(13-11-23)18-8-9-21-17(22-18)14-16-6-4-3-5-7-16/h3-9H,2,10-15H2,1H3,(H,20,25). The Morgan fingerprint density at radius 2 is 1.88 bits per heavy atom. The van der Waals surface area contributed by atoms with Crippen LogP contribution in [-0.4, -0.2) is 60.0 Å². The largest absolute Gasteiger partial charge is 0.355 e. The summed E-state index contributed by atoms with van der Waals surface area (Å²) in [4.78, 5) is 25.3. The number of piperazine rings is 1. The summed E-state index contributed by atoms with van der Waals surface area (Å²) in [6.45, 7) is 6.60. The summed E-state index contributed by atoms with van der Waals surface area (Å²) < 4.78 is 0. The number of hydrogen-bond acceptors (Lipinski definition) is 5. The highest BCUT2D eigenvalue weighted by molar-refractivity contribution is 5.77. The van der Waals surface area contributed by atoms with Crippen molar-refractivity contribution in [2.45, 2.75) is 13.3 Å². The fraction of sp³-hybridized carbons (Fsp3) is 0.421. The number of nitrogens with zero attached hydrogens (tertiary/aromatic N) is 4. The number of carbonyl (C=O) groups is 1. The van der Waals surface area contributed by atoms with Crippen molar-refractivity contribution in [3.8, 4) is 0 Å². The molecule has 3 rings (SSSR count). The van der Waals surface area contributed by atoms with Crippen molar-refractivity contribution in [1.82, 2.24) is 20.2 Å². The van der Waals surface area contributed by atoms with Crippen molar-refractivity contribution < 1.29 is 4.79 Å². The lowest BCUT2D eigenvalue weighted by Gasteiger charge is -2.35. The third kappa shape index (κ3) is 5.00. The minimum atomic E-state index is 0.100. The molecule has 0 aliphatic carbocycles. The molecule has 1 aliphatic rings. The molecule has 6 nitrogen and oxygen atoms in total. The summed E-state index contributed by atoms with van der Waals surface area (Å²) in [5.41, 5.74) is 1.21. The summed E-state index contributed by atoms with van der Waals surface area (Å²) in [6, 6.07) is 12.2. The molecule has 6 heteroatoms. The van der Waals surface area contributed by atoms with Crippen molar-refractivity contribution in [3.05, 3.63) is 54.0 Å². The van der Waals surface area contributed by atoms with Crippen LogP contribution in [0.15, 0.2) is 42.6 Å². The van der Waals surface area contributed by atoms with Gasteiger partial charge in [0.2, 0.25) is 5.91 Å². The van der Waals surface area contributed by atoms with E-state index in [1.54, 1.807) is 0 Å². The molecule has 0 saturated carbocycles. The number of benzene rings is 1. The van der Waals surface area contributed by atoms with Crippen LogP contribution in [0.5, 0.6) is 0 Å². The molecule has 0 atom stereocenters. The Balaban J connectivity index is 1.56. The molecule has 1 N–H and O–H groups in total. The van der Waals surface area contributed by atoms with E-state index in [9.17, 15) is 4.79 Å². The number of carbonyl (C=O) groups excluding carboxylic acids is 1. The van der Waals surface area contributed by atoms with Crippen LogP contribution in [0.3, 0.4) is 0 Å². The summed E-state index contributed by atoms with van der Waals surface area (Å²) >= 11 is 0. The van der Waals surface area contributed by atoms with Gasteiger partial charge < -0.3 is 10.2 Å². The van der Waals surface area contributed by atoms with E-state index >= 15 is 0 Å². The average molecular weight is 339 g/mol. The first-order valence-electron chi connectivity index (χ1n) is 8.84. The van der Waals surface area contributed by atoms with E-state index in [2.05, 4.69) is 32.2 Å². The lowest BCUT2D eigenvalue weighted by Crippen LogP contribution is -2.49. The van der Waals surface area contributed by atoms with E-state index < -0.39 is 0 Å². The van der Waals surface area contributed by atoms with Crippen molar-refractivity contribution in [1.29, 1.82) is 0 Å². The van der Waals surface area contributed by atoms with E-state index in [0.717, 1.165) is 44.2 Å². The Labute approximate surface area is 148 Å². The Morgan fingerprint density at radius 3 is 2.60 bits per heavy atom. The van der Waals surface area contributed by atoms with Crippen LogP contribution >= 0.6 is 0 Å². The average Bonchev–Trinajstić information content (AvgIpc) is 2.64. The quantitative estimate of drug-likeness (QED) is 0.860. The Bertz CT molecular complexity index is 683. The lowest BCUT2D eigenvalue weighted by molar-refractivity contribution is -0.122. The summed E-state index contributed by atoms with van der Waals surface area (Å²) in [7, 11) is 0. The van der Waals surface area contributed by atoms with Gasteiger partial charge in [-0.25, -0.2) is 9.97 Å². The highest BCUT2D eigenvalue weighted by Crippen LogP contribution is 2.14. The minimum Gasteiger partial charge on any atom is -0.355 e. The van der Waals surface area contributed by atoms with Gasteiger partial charge in [-0.05, 0) is 18.6 Å². The van der Waals surface area contributed by atoms with E-state index in [4.69, 9.17) is 4.98 Å². The number of rotatable bonds is 6. The molecule has 1 amide bonds.